The zero-order valence-corrected chi connectivity index (χ0v) is 22.2. The number of rotatable bonds is 10. The summed E-state index contributed by atoms with van der Waals surface area (Å²) in [4.78, 5) is 6.97. The van der Waals surface area contributed by atoms with Crippen molar-refractivity contribution in [1.29, 1.82) is 0 Å². The number of hydrogen-bond donors (Lipinski definition) is 2. The van der Waals surface area contributed by atoms with Crippen molar-refractivity contribution in [2.45, 2.75) is 70.2 Å². The van der Waals surface area contributed by atoms with Gasteiger partial charge in [0.2, 0.25) is 0 Å². The van der Waals surface area contributed by atoms with Crippen molar-refractivity contribution in [3.63, 3.8) is 0 Å². The van der Waals surface area contributed by atoms with Gasteiger partial charge in [0, 0.05) is 47.5 Å². The number of aliphatic imine (C=N–C) groups is 1. The molecule has 2 N–H and O–H groups in total. The fourth-order valence-electron chi connectivity index (χ4n) is 4.31. The van der Waals surface area contributed by atoms with Crippen LogP contribution >= 0.6 is 24.0 Å². The molecule has 0 aromatic heterocycles. The van der Waals surface area contributed by atoms with E-state index >= 15 is 0 Å². The lowest BCUT2D eigenvalue weighted by Crippen LogP contribution is -2.51. The van der Waals surface area contributed by atoms with E-state index in [1.54, 1.807) is 0 Å². The van der Waals surface area contributed by atoms with Gasteiger partial charge >= 0.3 is 0 Å². The molecular weight excluding hydrogens is 507 g/mol. The van der Waals surface area contributed by atoms with E-state index in [1.807, 2.05) is 14.0 Å². The van der Waals surface area contributed by atoms with Crippen molar-refractivity contribution in [3.8, 4) is 0 Å². The molecule has 1 fully saturated rings. The predicted molar refractivity (Wildman–Crippen MR) is 141 cm³/mol. The first-order chi connectivity index (χ1) is 14.1. The van der Waals surface area contributed by atoms with Crippen LogP contribution in [0.3, 0.4) is 0 Å². The molecule has 0 saturated heterocycles. The summed E-state index contributed by atoms with van der Waals surface area (Å²) in [6.45, 7) is 9.40. The third-order valence-electron chi connectivity index (χ3n) is 5.99. The molecule has 1 aliphatic carbocycles. The zero-order chi connectivity index (χ0) is 21.1. The number of guanidine groups is 1. The molecule has 1 saturated carbocycles. The minimum Gasteiger partial charge on any atom is -0.355 e. The molecule has 1 aliphatic rings. The molecule has 0 amide bonds. The van der Waals surface area contributed by atoms with Gasteiger partial charge in [0.1, 0.15) is 0 Å². The summed E-state index contributed by atoms with van der Waals surface area (Å²) in [6.07, 6.45) is 5.35. The average molecular weight is 549 g/mol. The van der Waals surface area contributed by atoms with Crippen molar-refractivity contribution in [3.05, 3.63) is 35.9 Å². The summed E-state index contributed by atoms with van der Waals surface area (Å²) in [5.41, 5.74) is 1.37. The van der Waals surface area contributed by atoms with Gasteiger partial charge in [-0.1, -0.05) is 57.5 Å². The third kappa shape index (κ3) is 8.83. The van der Waals surface area contributed by atoms with E-state index in [9.17, 15) is 4.21 Å². The summed E-state index contributed by atoms with van der Waals surface area (Å²) in [7, 11) is 1.14. The van der Waals surface area contributed by atoms with Crippen LogP contribution in [-0.2, 0) is 17.2 Å². The van der Waals surface area contributed by atoms with Crippen LogP contribution in [0.2, 0.25) is 0 Å². The highest BCUT2D eigenvalue weighted by Crippen LogP contribution is 2.23. The monoisotopic (exact) mass is 548 g/mol. The predicted octanol–water partition coefficient (Wildman–Crippen LogP) is 3.80. The van der Waals surface area contributed by atoms with Gasteiger partial charge in [-0.3, -0.25) is 14.1 Å². The number of benzene rings is 1. The SMILES string of the molecule is CCN(CC)C(CNC(=NC)NC1CCCC(S(=O)CC)C1)Cc1ccccc1.I. The maximum absolute atomic E-state index is 12.2. The molecule has 0 spiro atoms. The van der Waals surface area contributed by atoms with Gasteiger partial charge in [0.05, 0.1) is 0 Å². The molecule has 1 aromatic rings. The minimum absolute atomic E-state index is 0. The molecule has 4 atom stereocenters. The van der Waals surface area contributed by atoms with Crippen LogP contribution in [0, 0.1) is 0 Å². The molecule has 4 unspecified atom stereocenters. The average Bonchev–Trinajstić information content (AvgIpc) is 2.77. The molecule has 7 heteroatoms. The topological polar surface area (TPSA) is 56.7 Å². The first-order valence-corrected chi connectivity index (χ1v) is 12.6. The molecule has 30 heavy (non-hydrogen) atoms. The summed E-state index contributed by atoms with van der Waals surface area (Å²) in [5, 5.41) is 7.49. The Kier molecular flexibility index (Phi) is 13.9. The smallest absolute Gasteiger partial charge is 0.191 e. The fraction of sp³-hybridized carbons (Fsp3) is 0.696. The Morgan fingerprint density at radius 1 is 1.20 bits per heavy atom. The molecule has 2 rings (SSSR count). The Bertz CT molecular complexity index is 639. The summed E-state index contributed by atoms with van der Waals surface area (Å²) >= 11 is 0. The third-order valence-corrected chi connectivity index (χ3v) is 7.74. The van der Waals surface area contributed by atoms with Gasteiger partial charge in [0.15, 0.2) is 5.96 Å². The van der Waals surface area contributed by atoms with Crippen molar-refractivity contribution in [2.75, 3.05) is 32.4 Å². The Morgan fingerprint density at radius 2 is 1.90 bits per heavy atom. The van der Waals surface area contributed by atoms with Gasteiger partial charge in [0.25, 0.3) is 0 Å². The number of hydrogen-bond acceptors (Lipinski definition) is 3. The van der Waals surface area contributed by atoms with Crippen molar-refractivity contribution < 1.29 is 4.21 Å². The van der Waals surface area contributed by atoms with Crippen LogP contribution in [-0.4, -0.2) is 64.8 Å². The molecule has 0 radical (unpaired) electrons. The summed E-state index contributed by atoms with van der Waals surface area (Å²) < 4.78 is 12.2. The number of likely N-dealkylation sites (N-methyl/N-ethyl adjacent to an activating group) is 1. The van der Waals surface area contributed by atoms with E-state index < -0.39 is 10.8 Å². The number of nitrogens with one attached hydrogen (secondary N) is 2. The Labute approximate surface area is 203 Å². The van der Waals surface area contributed by atoms with E-state index in [0.717, 1.165) is 63.5 Å². The van der Waals surface area contributed by atoms with Gasteiger partial charge in [-0.2, -0.15) is 0 Å². The lowest BCUT2D eigenvalue weighted by Gasteiger charge is -2.32. The largest absolute Gasteiger partial charge is 0.355 e. The van der Waals surface area contributed by atoms with Crippen LogP contribution < -0.4 is 10.6 Å². The molecule has 172 valence electrons. The summed E-state index contributed by atoms with van der Waals surface area (Å²) in [5.74, 6) is 1.62. The Hall–Kier alpha value is -0.670. The lowest BCUT2D eigenvalue weighted by atomic mass is 9.95. The Morgan fingerprint density at radius 3 is 2.50 bits per heavy atom. The second kappa shape index (κ2) is 15.2. The highest BCUT2D eigenvalue weighted by molar-refractivity contribution is 14.0. The van der Waals surface area contributed by atoms with E-state index in [-0.39, 0.29) is 24.0 Å². The maximum Gasteiger partial charge on any atom is 0.191 e. The standard InChI is InChI=1S/C23H40N4OS.HI/c1-5-27(6-2)21(16-19-12-9-8-10-13-19)18-25-23(24-4)26-20-14-11-15-22(17-20)29(28)7-3;/h8-10,12-13,20-22H,5-7,11,14-18H2,1-4H3,(H2,24,25,26);1H. The van der Waals surface area contributed by atoms with Crippen LogP contribution in [0.15, 0.2) is 35.3 Å². The van der Waals surface area contributed by atoms with Crippen LogP contribution in [0.5, 0.6) is 0 Å². The molecule has 0 bridgehead atoms. The quantitative estimate of drug-likeness (QED) is 0.266. The van der Waals surface area contributed by atoms with E-state index in [2.05, 4.69) is 64.7 Å². The zero-order valence-electron chi connectivity index (χ0n) is 19.1. The number of nitrogens with zero attached hydrogens (tertiary/aromatic N) is 2. The Balaban J connectivity index is 0.00000450. The maximum atomic E-state index is 12.2. The van der Waals surface area contributed by atoms with Crippen molar-refractivity contribution in [1.82, 2.24) is 15.5 Å². The molecule has 1 aromatic carbocycles. The minimum atomic E-state index is -0.700. The van der Waals surface area contributed by atoms with Gasteiger partial charge in [-0.15, -0.1) is 24.0 Å². The molecule has 0 aliphatic heterocycles. The molecule has 5 nitrogen and oxygen atoms in total. The van der Waals surface area contributed by atoms with Crippen LogP contribution in [0.25, 0.3) is 0 Å². The van der Waals surface area contributed by atoms with Crippen molar-refractivity contribution >= 4 is 40.7 Å². The second-order valence-electron chi connectivity index (χ2n) is 7.82. The van der Waals surface area contributed by atoms with E-state index in [1.165, 1.54) is 5.56 Å². The van der Waals surface area contributed by atoms with Crippen molar-refractivity contribution in [2.24, 2.45) is 4.99 Å². The fourth-order valence-corrected chi connectivity index (χ4v) is 5.66. The first kappa shape index (κ1) is 27.4. The summed E-state index contributed by atoms with van der Waals surface area (Å²) in [6, 6.07) is 11.5. The van der Waals surface area contributed by atoms with Gasteiger partial charge < -0.3 is 10.6 Å². The first-order valence-electron chi connectivity index (χ1n) is 11.2. The highest BCUT2D eigenvalue weighted by Gasteiger charge is 2.26. The molecule has 0 heterocycles. The molecular formula is C23H41IN4OS. The van der Waals surface area contributed by atoms with E-state index in [0.29, 0.717) is 17.3 Å². The van der Waals surface area contributed by atoms with E-state index in [4.69, 9.17) is 0 Å². The normalized spacial score (nSPS) is 21.6. The number of halogens is 1. The van der Waals surface area contributed by atoms with Gasteiger partial charge in [-0.05, 0) is 44.3 Å². The van der Waals surface area contributed by atoms with Crippen LogP contribution in [0.4, 0.5) is 0 Å². The lowest BCUT2D eigenvalue weighted by molar-refractivity contribution is 0.215. The van der Waals surface area contributed by atoms with Crippen LogP contribution in [0.1, 0.15) is 52.0 Å². The highest BCUT2D eigenvalue weighted by atomic mass is 127. The second-order valence-corrected chi connectivity index (χ2v) is 9.82. The van der Waals surface area contributed by atoms with Gasteiger partial charge in [-0.25, -0.2) is 0 Å².